The van der Waals surface area contributed by atoms with Gasteiger partial charge in [-0.05, 0) is 36.7 Å². The minimum atomic E-state index is 0.411. The molecule has 2 heteroatoms. The van der Waals surface area contributed by atoms with Gasteiger partial charge in [-0.2, -0.15) is 0 Å². The van der Waals surface area contributed by atoms with E-state index in [9.17, 15) is 0 Å². The van der Waals surface area contributed by atoms with Crippen LogP contribution in [-0.4, -0.2) is 12.6 Å². The molecule has 0 spiro atoms. The van der Waals surface area contributed by atoms with Crippen molar-refractivity contribution in [2.24, 2.45) is 17.6 Å². The van der Waals surface area contributed by atoms with Crippen molar-refractivity contribution in [1.29, 1.82) is 0 Å². The lowest BCUT2D eigenvalue weighted by atomic mass is 9.93. The molecule has 0 saturated heterocycles. The SMILES string of the molecule is CC1C(N)CCC1CCOCc1ccccc1. The topological polar surface area (TPSA) is 35.2 Å². The summed E-state index contributed by atoms with van der Waals surface area (Å²) in [5, 5.41) is 0. The van der Waals surface area contributed by atoms with E-state index in [1.165, 1.54) is 18.4 Å². The molecular weight excluding hydrogens is 210 g/mol. The molecule has 1 aliphatic rings. The van der Waals surface area contributed by atoms with Crippen LogP contribution in [0.5, 0.6) is 0 Å². The zero-order valence-electron chi connectivity index (χ0n) is 10.6. The van der Waals surface area contributed by atoms with Gasteiger partial charge in [0.2, 0.25) is 0 Å². The average molecular weight is 233 g/mol. The van der Waals surface area contributed by atoms with Crippen molar-refractivity contribution in [2.75, 3.05) is 6.61 Å². The minimum absolute atomic E-state index is 0.411. The fourth-order valence-corrected chi connectivity index (χ4v) is 2.69. The number of benzene rings is 1. The van der Waals surface area contributed by atoms with Crippen LogP contribution in [0.1, 0.15) is 31.7 Å². The van der Waals surface area contributed by atoms with Gasteiger partial charge in [0, 0.05) is 12.6 Å². The largest absolute Gasteiger partial charge is 0.377 e. The summed E-state index contributed by atoms with van der Waals surface area (Å²) in [7, 11) is 0. The van der Waals surface area contributed by atoms with E-state index in [2.05, 4.69) is 31.2 Å². The number of rotatable bonds is 5. The number of nitrogens with two attached hydrogens (primary N) is 1. The molecule has 0 heterocycles. The van der Waals surface area contributed by atoms with E-state index in [-0.39, 0.29) is 0 Å². The first kappa shape index (κ1) is 12.6. The van der Waals surface area contributed by atoms with Crippen LogP contribution >= 0.6 is 0 Å². The molecule has 0 radical (unpaired) electrons. The van der Waals surface area contributed by atoms with Gasteiger partial charge in [0.25, 0.3) is 0 Å². The van der Waals surface area contributed by atoms with Crippen molar-refractivity contribution in [3.8, 4) is 0 Å². The van der Waals surface area contributed by atoms with Gasteiger partial charge >= 0.3 is 0 Å². The van der Waals surface area contributed by atoms with Crippen molar-refractivity contribution < 1.29 is 4.74 Å². The molecule has 0 aromatic heterocycles. The molecule has 0 bridgehead atoms. The Labute approximate surface area is 104 Å². The highest BCUT2D eigenvalue weighted by atomic mass is 16.5. The maximum absolute atomic E-state index is 6.02. The normalized spacial score (nSPS) is 28.5. The zero-order chi connectivity index (χ0) is 12.1. The molecule has 17 heavy (non-hydrogen) atoms. The highest BCUT2D eigenvalue weighted by molar-refractivity contribution is 5.13. The predicted molar refractivity (Wildman–Crippen MR) is 70.6 cm³/mol. The molecule has 3 unspecified atom stereocenters. The van der Waals surface area contributed by atoms with Crippen LogP contribution in [0, 0.1) is 11.8 Å². The second-order valence-electron chi connectivity index (χ2n) is 5.19. The molecule has 1 fully saturated rings. The quantitative estimate of drug-likeness (QED) is 0.794. The molecule has 0 amide bonds. The lowest BCUT2D eigenvalue weighted by Gasteiger charge is -2.17. The van der Waals surface area contributed by atoms with E-state index >= 15 is 0 Å². The van der Waals surface area contributed by atoms with E-state index in [1.807, 2.05) is 6.07 Å². The second kappa shape index (κ2) is 6.18. The van der Waals surface area contributed by atoms with Crippen molar-refractivity contribution in [3.05, 3.63) is 35.9 Å². The molecule has 94 valence electrons. The maximum atomic E-state index is 6.02. The number of hydrogen-bond acceptors (Lipinski definition) is 2. The van der Waals surface area contributed by atoms with Crippen LogP contribution in [0.15, 0.2) is 30.3 Å². The van der Waals surface area contributed by atoms with E-state index < -0.39 is 0 Å². The van der Waals surface area contributed by atoms with Gasteiger partial charge < -0.3 is 10.5 Å². The summed E-state index contributed by atoms with van der Waals surface area (Å²) < 4.78 is 5.72. The Balaban J connectivity index is 1.64. The van der Waals surface area contributed by atoms with E-state index in [4.69, 9.17) is 10.5 Å². The summed E-state index contributed by atoms with van der Waals surface area (Å²) >= 11 is 0. The first-order valence-electron chi connectivity index (χ1n) is 6.64. The third-order valence-corrected chi connectivity index (χ3v) is 4.03. The van der Waals surface area contributed by atoms with E-state index in [0.29, 0.717) is 12.0 Å². The van der Waals surface area contributed by atoms with Gasteiger partial charge in [0.05, 0.1) is 6.61 Å². The van der Waals surface area contributed by atoms with Crippen LogP contribution < -0.4 is 5.73 Å². The first-order valence-corrected chi connectivity index (χ1v) is 6.64. The molecule has 1 aromatic rings. The van der Waals surface area contributed by atoms with E-state index in [0.717, 1.165) is 25.6 Å². The van der Waals surface area contributed by atoms with Gasteiger partial charge in [-0.1, -0.05) is 37.3 Å². The van der Waals surface area contributed by atoms with Crippen LogP contribution in [0.25, 0.3) is 0 Å². The lowest BCUT2D eigenvalue weighted by molar-refractivity contribution is 0.102. The smallest absolute Gasteiger partial charge is 0.0716 e. The first-order chi connectivity index (χ1) is 8.27. The van der Waals surface area contributed by atoms with Gasteiger partial charge in [-0.25, -0.2) is 0 Å². The average Bonchev–Trinajstić information content (AvgIpc) is 2.67. The lowest BCUT2D eigenvalue weighted by Crippen LogP contribution is -2.25. The second-order valence-corrected chi connectivity index (χ2v) is 5.19. The van der Waals surface area contributed by atoms with Crippen molar-refractivity contribution in [2.45, 2.75) is 38.8 Å². The Bertz CT molecular complexity index is 325. The van der Waals surface area contributed by atoms with Crippen LogP contribution in [0.2, 0.25) is 0 Å². The van der Waals surface area contributed by atoms with Gasteiger partial charge in [-0.15, -0.1) is 0 Å². The molecule has 1 aromatic carbocycles. The summed E-state index contributed by atoms with van der Waals surface area (Å²) in [5.41, 5.74) is 7.28. The van der Waals surface area contributed by atoms with Gasteiger partial charge in [-0.3, -0.25) is 0 Å². The van der Waals surface area contributed by atoms with Crippen molar-refractivity contribution in [3.63, 3.8) is 0 Å². The number of ether oxygens (including phenoxy) is 1. The molecule has 3 atom stereocenters. The molecule has 2 nitrogen and oxygen atoms in total. The fourth-order valence-electron chi connectivity index (χ4n) is 2.69. The summed E-state index contributed by atoms with van der Waals surface area (Å²) in [6.07, 6.45) is 3.61. The van der Waals surface area contributed by atoms with Crippen molar-refractivity contribution in [1.82, 2.24) is 0 Å². The Morgan fingerprint density at radius 3 is 2.65 bits per heavy atom. The Morgan fingerprint density at radius 2 is 2.00 bits per heavy atom. The molecule has 2 N–H and O–H groups in total. The zero-order valence-corrected chi connectivity index (χ0v) is 10.6. The standard InChI is InChI=1S/C15H23NO/c1-12-14(7-8-15(12)16)9-10-17-11-13-5-3-2-4-6-13/h2-6,12,14-15H,7-11,16H2,1H3. The molecule has 1 saturated carbocycles. The third-order valence-electron chi connectivity index (χ3n) is 4.03. The summed E-state index contributed by atoms with van der Waals surface area (Å²) in [4.78, 5) is 0. The fraction of sp³-hybridized carbons (Fsp3) is 0.600. The monoisotopic (exact) mass is 233 g/mol. The van der Waals surface area contributed by atoms with Crippen LogP contribution in [-0.2, 0) is 11.3 Å². The Hall–Kier alpha value is -0.860. The molecular formula is C15H23NO. The van der Waals surface area contributed by atoms with Crippen molar-refractivity contribution >= 4 is 0 Å². The van der Waals surface area contributed by atoms with Gasteiger partial charge in [0.15, 0.2) is 0 Å². The van der Waals surface area contributed by atoms with Crippen LogP contribution in [0.3, 0.4) is 0 Å². The predicted octanol–water partition coefficient (Wildman–Crippen LogP) is 2.97. The molecule has 0 aliphatic heterocycles. The van der Waals surface area contributed by atoms with E-state index in [1.54, 1.807) is 0 Å². The minimum Gasteiger partial charge on any atom is -0.377 e. The number of hydrogen-bond donors (Lipinski definition) is 1. The molecule has 1 aliphatic carbocycles. The summed E-state index contributed by atoms with van der Waals surface area (Å²) in [6.45, 7) is 3.87. The third kappa shape index (κ3) is 3.55. The summed E-state index contributed by atoms with van der Waals surface area (Å²) in [6, 6.07) is 10.8. The highest BCUT2D eigenvalue weighted by Crippen LogP contribution is 2.32. The Kier molecular flexibility index (Phi) is 4.57. The highest BCUT2D eigenvalue weighted by Gasteiger charge is 2.29. The summed E-state index contributed by atoms with van der Waals surface area (Å²) in [5.74, 6) is 1.43. The van der Waals surface area contributed by atoms with Gasteiger partial charge in [0.1, 0.15) is 0 Å². The van der Waals surface area contributed by atoms with Crippen LogP contribution in [0.4, 0.5) is 0 Å². The maximum Gasteiger partial charge on any atom is 0.0716 e. The molecule has 2 rings (SSSR count). The Morgan fingerprint density at radius 1 is 1.24 bits per heavy atom.